The van der Waals surface area contributed by atoms with Crippen LogP contribution in [-0.4, -0.2) is 24.4 Å². The van der Waals surface area contributed by atoms with Gasteiger partial charge in [-0.25, -0.2) is 0 Å². The second kappa shape index (κ2) is 5.21. The van der Waals surface area contributed by atoms with Crippen LogP contribution in [0.1, 0.15) is 25.8 Å². The van der Waals surface area contributed by atoms with Gasteiger partial charge in [-0.1, -0.05) is 25.5 Å². The molecule has 1 aliphatic rings. The summed E-state index contributed by atoms with van der Waals surface area (Å²) in [7, 11) is 0. The smallest absolute Gasteiger partial charge is 0.247 e. The Morgan fingerprint density at radius 1 is 1.28 bits per heavy atom. The number of hydrogen-bond acceptors (Lipinski definition) is 2. The van der Waals surface area contributed by atoms with Crippen molar-refractivity contribution in [2.45, 2.75) is 32.7 Å². The molecule has 1 N–H and O–H groups in total. The fourth-order valence-electron chi connectivity index (χ4n) is 2.21. The van der Waals surface area contributed by atoms with Crippen molar-refractivity contribution in [3.63, 3.8) is 0 Å². The molecule has 0 bridgehead atoms. The van der Waals surface area contributed by atoms with Gasteiger partial charge in [-0.3, -0.25) is 14.5 Å². The molecule has 2 amide bonds. The molecule has 0 aliphatic carbocycles. The second-order valence-corrected chi connectivity index (χ2v) is 4.57. The third-order valence-electron chi connectivity index (χ3n) is 3.20. The van der Waals surface area contributed by atoms with Gasteiger partial charge in [-0.05, 0) is 31.0 Å². The van der Waals surface area contributed by atoms with Gasteiger partial charge in [0.2, 0.25) is 11.8 Å². The Labute approximate surface area is 107 Å². The summed E-state index contributed by atoms with van der Waals surface area (Å²) in [5, 5.41) is 2.58. The summed E-state index contributed by atoms with van der Waals surface area (Å²) in [6.07, 6.45) is 2.13. The van der Waals surface area contributed by atoms with Crippen LogP contribution in [0.2, 0.25) is 0 Å². The second-order valence-electron chi connectivity index (χ2n) is 4.57. The number of rotatable bonds is 3. The van der Waals surface area contributed by atoms with E-state index in [1.165, 1.54) is 5.56 Å². The Morgan fingerprint density at radius 2 is 1.94 bits per heavy atom. The zero-order chi connectivity index (χ0) is 13.1. The minimum absolute atomic E-state index is 0.0645. The van der Waals surface area contributed by atoms with Crippen molar-refractivity contribution < 1.29 is 9.59 Å². The molecule has 0 saturated carbocycles. The van der Waals surface area contributed by atoms with E-state index < -0.39 is 6.04 Å². The monoisotopic (exact) mass is 246 g/mol. The molecule has 4 nitrogen and oxygen atoms in total. The van der Waals surface area contributed by atoms with E-state index in [1.54, 1.807) is 11.8 Å². The predicted molar refractivity (Wildman–Crippen MR) is 70.4 cm³/mol. The zero-order valence-electron chi connectivity index (χ0n) is 10.8. The van der Waals surface area contributed by atoms with Crippen molar-refractivity contribution in [1.29, 1.82) is 0 Å². The van der Waals surface area contributed by atoms with Gasteiger partial charge in [-0.2, -0.15) is 0 Å². The molecule has 1 fully saturated rings. The number of nitrogens with one attached hydrogen (secondary N) is 1. The lowest BCUT2D eigenvalue weighted by Gasteiger charge is -2.32. The van der Waals surface area contributed by atoms with E-state index in [2.05, 4.69) is 12.2 Å². The first kappa shape index (κ1) is 12.6. The molecule has 0 aromatic heterocycles. The number of anilines is 1. The van der Waals surface area contributed by atoms with Gasteiger partial charge in [0.1, 0.15) is 6.04 Å². The first-order valence-corrected chi connectivity index (χ1v) is 6.32. The fourth-order valence-corrected chi connectivity index (χ4v) is 2.21. The number of carbonyl (C=O) groups is 2. The van der Waals surface area contributed by atoms with Crippen LogP contribution < -0.4 is 10.2 Å². The number of carbonyl (C=O) groups excluding carboxylic acids is 2. The number of piperazine rings is 1. The summed E-state index contributed by atoms with van der Waals surface area (Å²) in [5.41, 5.74) is 2.05. The number of aryl methyl sites for hydroxylation is 1. The summed E-state index contributed by atoms with van der Waals surface area (Å²) in [6.45, 7) is 3.96. The van der Waals surface area contributed by atoms with Crippen LogP contribution in [0.3, 0.4) is 0 Å². The van der Waals surface area contributed by atoms with Crippen LogP contribution in [0, 0.1) is 0 Å². The molecule has 1 atom stereocenters. The van der Waals surface area contributed by atoms with E-state index in [9.17, 15) is 9.59 Å². The Kier molecular flexibility index (Phi) is 3.65. The standard InChI is InChI=1S/C14H18N2O2/c1-3-4-11-5-7-12(8-6-11)16-10(2)14(18)15-9-13(16)17/h5-8,10H,3-4,9H2,1-2H3,(H,15,18). The van der Waals surface area contributed by atoms with E-state index >= 15 is 0 Å². The highest BCUT2D eigenvalue weighted by atomic mass is 16.2. The maximum absolute atomic E-state index is 11.9. The first-order valence-electron chi connectivity index (χ1n) is 6.32. The van der Waals surface area contributed by atoms with Crippen LogP contribution in [-0.2, 0) is 16.0 Å². The van der Waals surface area contributed by atoms with Gasteiger partial charge in [0, 0.05) is 5.69 Å². The molecular weight excluding hydrogens is 228 g/mol. The summed E-state index contributed by atoms with van der Waals surface area (Å²) < 4.78 is 0. The molecule has 0 spiro atoms. The highest BCUT2D eigenvalue weighted by Gasteiger charge is 2.31. The largest absolute Gasteiger partial charge is 0.345 e. The normalized spacial score (nSPS) is 19.9. The Hall–Kier alpha value is -1.84. The molecule has 1 aromatic carbocycles. The molecule has 96 valence electrons. The molecule has 1 saturated heterocycles. The van der Waals surface area contributed by atoms with Crippen molar-refractivity contribution in [1.82, 2.24) is 5.32 Å². The topological polar surface area (TPSA) is 49.4 Å². The maximum atomic E-state index is 11.9. The molecule has 1 aliphatic heterocycles. The molecule has 0 radical (unpaired) electrons. The molecule has 1 aromatic rings. The highest BCUT2D eigenvalue weighted by molar-refractivity contribution is 6.06. The van der Waals surface area contributed by atoms with Gasteiger partial charge >= 0.3 is 0 Å². The third-order valence-corrected chi connectivity index (χ3v) is 3.20. The van der Waals surface area contributed by atoms with Crippen LogP contribution in [0.4, 0.5) is 5.69 Å². The van der Waals surface area contributed by atoms with E-state index in [0.29, 0.717) is 0 Å². The molecular formula is C14H18N2O2. The molecule has 18 heavy (non-hydrogen) atoms. The lowest BCUT2D eigenvalue weighted by molar-refractivity contribution is -0.130. The van der Waals surface area contributed by atoms with Crippen molar-refractivity contribution in [2.75, 3.05) is 11.4 Å². The van der Waals surface area contributed by atoms with E-state index in [-0.39, 0.29) is 18.4 Å². The predicted octanol–water partition coefficient (Wildman–Crippen LogP) is 1.49. The Balaban J connectivity index is 2.23. The van der Waals surface area contributed by atoms with Gasteiger partial charge in [0.15, 0.2) is 0 Å². The number of hydrogen-bond donors (Lipinski definition) is 1. The van der Waals surface area contributed by atoms with E-state index in [1.807, 2.05) is 24.3 Å². The summed E-state index contributed by atoms with van der Waals surface area (Å²) in [5.74, 6) is -0.169. The lowest BCUT2D eigenvalue weighted by Crippen LogP contribution is -2.57. The number of nitrogens with zero attached hydrogens (tertiary/aromatic N) is 1. The molecule has 2 rings (SSSR count). The van der Waals surface area contributed by atoms with Gasteiger partial charge in [-0.15, -0.1) is 0 Å². The third kappa shape index (κ3) is 2.37. The molecule has 1 unspecified atom stereocenters. The number of benzene rings is 1. The van der Waals surface area contributed by atoms with Gasteiger partial charge < -0.3 is 5.32 Å². The van der Waals surface area contributed by atoms with Gasteiger partial charge in [0.05, 0.1) is 6.54 Å². The molecule has 1 heterocycles. The number of amides is 2. The lowest BCUT2D eigenvalue weighted by atomic mass is 10.1. The Morgan fingerprint density at radius 3 is 2.56 bits per heavy atom. The SMILES string of the molecule is CCCc1ccc(N2C(=O)CNC(=O)C2C)cc1. The van der Waals surface area contributed by atoms with E-state index in [4.69, 9.17) is 0 Å². The molecule has 4 heteroatoms. The van der Waals surface area contributed by atoms with Gasteiger partial charge in [0.25, 0.3) is 0 Å². The van der Waals surface area contributed by atoms with Crippen molar-refractivity contribution >= 4 is 17.5 Å². The zero-order valence-corrected chi connectivity index (χ0v) is 10.8. The van der Waals surface area contributed by atoms with Crippen LogP contribution in [0.5, 0.6) is 0 Å². The summed E-state index contributed by atoms with van der Waals surface area (Å²) in [6, 6.07) is 7.43. The van der Waals surface area contributed by atoms with Crippen molar-refractivity contribution in [3.8, 4) is 0 Å². The first-order chi connectivity index (χ1) is 8.63. The summed E-state index contributed by atoms with van der Waals surface area (Å²) in [4.78, 5) is 25.0. The maximum Gasteiger partial charge on any atom is 0.247 e. The van der Waals surface area contributed by atoms with Crippen LogP contribution >= 0.6 is 0 Å². The Bertz CT molecular complexity index is 453. The van der Waals surface area contributed by atoms with Crippen LogP contribution in [0.15, 0.2) is 24.3 Å². The van der Waals surface area contributed by atoms with Crippen LogP contribution in [0.25, 0.3) is 0 Å². The highest BCUT2D eigenvalue weighted by Crippen LogP contribution is 2.20. The quantitative estimate of drug-likeness (QED) is 0.878. The summed E-state index contributed by atoms with van der Waals surface area (Å²) >= 11 is 0. The van der Waals surface area contributed by atoms with Crippen molar-refractivity contribution in [3.05, 3.63) is 29.8 Å². The minimum atomic E-state index is -0.441. The minimum Gasteiger partial charge on any atom is -0.345 e. The average molecular weight is 246 g/mol. The average Bonchev–Trinajstić information content (AvgIpc) is 2.37. The fraction of sp³-hybridized carbons (Fsp3) is 0.429. The van der Waals surface area contributed by atoms with Crippen molar-refractivity contribution in [2.24, 2.45) is 0 Å². The van der Waals surface area contributed by atoms with E-state index in [0.717, 1.165) is 18.5 Å².